The molecular formula is C21H25N3O6. The molecular weight excluding hydrogens is 390 g/mol. The van der Waals surface area contributed by atoms with Gasteiger partial charge in [-0.05, 0) is 39.8 Å². The number of nitrogens with one attached hydrogen (secondary N) is 1. The smallest absolute Gasteiger partial charge is 0.271 e. The molecule has 0 bridgehead atoms. The summed E-state index contributed by atoms with van der Waals surface area (Å²) >= 11 is 0. The van der Waals surface area contributed by atoms with Crippen molar-refractivity contribution in [2.75, 3.05) is 19.8 Å². The molecule has 0 aliphatic heterocycles. The van der Waals surface area contributed by atoms with Crippen LogP contribution in [0.3, 0.4) is 0 Å². The number of amides is 1. The average Bonchev–Trinajstić information content (AvgIpc) is 2.74. The normalized spacial score (nSPS) is 11.0. The molecule has 1 amide bonds. The Morgan fingerprint density at radius 3 is 2.13 bits per heavy atom. The molecule has 0 aliphatic rings. The summed E-state index contributed by atoms with van der Waals surface area (Å²) in [5, 5.41) is 15.0. The highest BCUT2D eigenvalue weighted by Gasteiger charge is 2.18. The summed E-state index contributed by atoms with van der Waals surface area (Å²) in [7, 11) is 0. The molecule has 0 aromatic heterocycles. The van der Waals surface area contributed by atoms with Crippen LogP contribution in [0.4, 0.5) is 5.69 Å². The molecule has 2 aromatic carbocycles. The molecule has 2 aromatic rings. The summed E-state index contributed by atoms with van der Waals surface area (Å²) in [5.41, 5.74) is 3.64. The second-order valence-corrected chi connectivity index (χ2v) is 6.05. The standard InChI is InChI=1S/C21H25N3O6/c1-5-28-18-12-16(13-19(29-6-2)20(18)30-7-3)21(25)23-22-14(4)15-9-8-10-17(11-15)24(26)27/h8-13H,5-7H2,1-4H3,(H,23,25). The van der Waals surface area contributed by atoms with Crippen molar-refractivity contribution < 1.29 is 23.9 Å². The van der Waals surface area contributed by atoms with Gasteiger partial charge in [-0.2, -0.15) is 5.10 Å². The number of non-ortho nitro benzene ring substituents is 1. The zero-order valence-corrected chi connectivity index (χ0v) is 17.4. The van der Waals surface area contributed by atoms with E-state index in [2.05, 4.69) is 10.5 Å². The van der Waals surface area contributed by atoms with Crippen LogP contribution in [0.2, 0.25) is 0 Å². The van der Waals surface area contributed by atoms with E-state index in [1.807, 2.05) is 20.8 Å². The van der Waals surface area contributed by atoms with Gasteiger partial charge >= 0.3 is 0 Å². The lowest BCUT2D eigenvalue weighted by Crippen LogP contribution is -2.20. The van der Waals surface area contributed by atoms with Gasteiger partial charge in [0.1, 0.15) is 0 Å². The van der Waals surface area contributed by atoms with Crippen molar-refractivity contribution in [1.29, 1.82) is 0 Å². The lowest BCUT2D eigenvalue weighted by Gasteiger charge is -2.16. The number of hydrazone groups is 1. The minimum absolute atomic E-state index is 0.0531. The summed E-state index contributed by atoms with van der Waals surface area (Å²) in [6, 6.07) is 9.13. The van der Waals surface area contributed by atoms with E-state index >= 15 is 0 Å². The molecule has 1 N–H and O–H groups in total. The van der Waals surface area contributed by atoms with Crippen molar-refractivity contribution in [2.24, 2.45) is 5.10 Å². The fourth-order valence-electron chi connectivity index (χ4n) is 2.63. The summed E-state index contributed by atoms with van der Waals surface area (Å²) < 4.78 is 16.9. The van der Waals surface area contributed by atoms with Gasteiger partial charge in [-0.15, -0.1) is 0 Å². The van der Waals surface area contributed by atoms with Crippen LogP contribution in [0.5, 0.6) is 17.2 Å². The number of nitro benzene ring substituents is 1. The molecule has 0 saturated heterocycles. The minimum atomic E-state index is -0.486. The molecule has 2 rings (SSSR count). The zero-order valence-electron chi connectivity index (χ0n) is 17.4. The van der Waals surface area contributed by atoms with Gasteiger partial charge in [0.2, 0.25) is 5.75 Å². The number of carbonyl (C=O) groups is 1. The first-order valence-corrected chi connectivity index (χ1v) is 9.57. The topological polar surface area (TPSA) is 112 Å². The Labute approximate surface area is 174 Å². The van der Waals surface area contributed by atoms with Crippen LogP contribution in [0.15, 0.2) is 41.5 Å². The molecule has 0 unspecified atom stereocenters. The number of ether oxygens (including phenoxy) is 3. The van der Waals surface area contributed by atoms with E-state index in [-0.39, 0.29) is 11.3 Å². The molecule has 0 saturated carbocycles. The van der Waals surface area contributed by atoms with Crippen LogP contribution in [0.25, 0.3) is 0 Å². The van der Waals surface area contributed by atoms with E-state index < -0.39 is 10.8 Å². The Morgan fingerprint density at radius 2 is 1.60 bits per heavy atom. The first-order valence-electron chi connectivity index (χ1n) is 9.57. The quantitative estimate of drug-likeness (QED) is 0.357. The maximum Gasteiger partial charge on any atom is 0.271 e. The van der Waals surface area contributed by atoms with Gasteiger partial charge in [-0.1, -0.05) is 12.1 Å². The molecule has 160 valence electrons. The first kappa shape index (κ1) is 22.7. The van der Waals surface area contributed by atoms with Crippen LogP contribution >= 0.6 is 0 Å². The second-order valence-electron chi connectivity index (χ2n) is 6.05. The van der Waals surface area contributed by atoms with Gasteiger partial charge < -0.3 is 14.2 Å². The second kappa shape index (κ2) is 10.8. The summed E-state index contributed by atoms with van der Waals surface area (Å²) in [5.74, 6) is 0.753. The number of rotatable bonds is 10. The van der Waals surface area contributed by atoms with Crippen molar-refractivity contribution >= 4 is 17.3 Å². The molecule has 0 fully saturated rings. The lowest BCUT2D eigenvalue weighted by atomic mass is 10.1. The van der Waals surface area contributed by atoms with Gasteiger partial charge in [0.05, 0.1) is 30.5 Å². The average molecular weight is 415 g/mol. The van der Waals surface area contributed by atoms with E-state index in [0.717, 1.165) is 0 Å². The van der Waals surface area contributed by atoms with Crippen LogP contribution in [-0.4, -0.2) is 36.4 Å². The van der Waals surface area contributed by atoms with Gasteiger partial charge in [-0.25, -0.2) is 5.43 Å². The zero-order chi connectivity index (χ0) is 22.1. The molecule has 0 aliphatic carbocycles. The lowest BCUT2D eigenvalue weighted by molar-refractivity contribution is -0.384. The first-order chi connectivity index (χ1) is 14.4. The summed E-state index contributed by atoms with van der Waals surface area (Å²) in [6.07, 6.45) is 0. The fourth-order valence-corrected chi connectivity index (χ4v) is 2.63. The highest BCUT2D eigenvalue weighted by Crippen LogP contribution is 2.39. The van der Waals surface area contributed by atoms with E-state index in [0.29, 0.717) is 48.3 Å². The van der Waals surface area contributed by atoms with Gasteiger partial charge in [0.25, 0.3) is 11.6 Å². The van der Waals surface area contributed by atoms with E-state index in [9.17, 15) is 14.9 Å². The predicted molar refractivity (Wildman–Crippen MR) is 113 cm³/mol. The molecule has 0 radical (unpaired) electrons. The largest absolute Gasteiger partial charge is 0.490 e. The van der Waals surface area contributed by atoms with Crippen molar-refractivity contribution in [2.45, 2.75) is 27.7 Å². The number of benzene rings is 2. The Kier molecular flexibility index (Phi) is 8.16. The summed E-state index contributed by atoms with van der Waals surface area (Å²) in [4.78, 5) is 23.1. The maximum absolute atomic E-state index is 12.7. The van der Waals surface area contributed by atoms with Gasteiger partial charge in [-0.3, -0.25) is 14.9 Å². The monoisotopic (exact) mass is 415 g/mol. The maximum atomic E-state index is 12.7. The van der Waals surface area contributed by atoms with Crippen molar-refractivity contribution in [3.63, 3.8) is 0 Å². The van der Waals surface area contributed by atoms with Crippen molar-refractivity contribution in [1.82, 2.24) is 5.43 Å². The highest BCUT2D eigenvalue weighted by atomic mass is 16.6. The number of nitro groups is 1. The Morgan fingerprint density at radius 1 is 1.00 bits per heavy atom. The van der Waals surface area contributed by atoms with E-state index in [1.165, 1.54) is 12.1 Å². The van der Waals surface area contributed by atoms with Crippen molar-refractivity contribution in [3.8, 4) is 17.2 Å². The molecule has 9 heteroatoms. The fraction of sp³-hybridized carbons (Fsp3) is 0.333. The molecule has 0 spiro atoms. The Balaban J connectivity index is 2.30. The SMILES string of the molecule is CCOc1cc(C(=O)NN=C(C)c2cccc([N+](=O)[O-])c2)cc(OCC)c1OCC. The number of carbonyl (C=O) groups excluding carboxylic acids is 1. The van der Waals surface area contributed by atoms with Crippen molar-refractivity contribution in [3.05, 3.63) is 57.6 Å². The Hall–Kier alpha value is -3.62. The third-order valence-corrected chi connectivity index (χ3v) is 3.97. The van der Waals surface area contributed by atoms with Crippen LogP contribution < -0.4 is 19.6 Å². The van der Waals surface area contributed by atoms with E-state index in [4.69, 9.17) is 14.2 Å². The molecule has 9 nitrogen and oxygen atoms in total. The number of hydrogen-bond acceptors (Lipinski definition) is 7. The highest BCUT2D eigenvalue weighted by molar-refractivity contribution is 6.01. The van der Waals surface area contributed by atoms with Gasteiger partial charge in [0.15, 0.2) is 11.5 Å². The Bertz CT molecular complexity index is 915. The van der Waals surface area contributed by atoms with Gasteiger partial charge in [0, 0.05) is 23.3 Å². The predicted octanol–water partition coefficient (Wildman–Crippen LogP) is 3.94. The minimum Gasteiger partial charge on any atom is -0.490 e. The number of nitrogens with zero attached hydrogens (tertiary/aromatic N) is 2. The molecule has 0 heterocycles. The summed E-state index contributed by atoms with van der Waals surface area (Å²) in [6.45, 7) is 8.34. The molecule has 0 atom stereocenters. The van der Waals surface area contributed by atoms with Crippen LogP contribution in [0, 0.1) is 10.1 Å². The molecule has 30 heavy (non-hydrogen) atoms. The third kappa shape index (κ3) is 5.69. The van der Waals surface area contributed by atoms with E-state index in [1.54, 1.807) is 31.2 Å². The number of hydrogen-bond donors (Lipinski definition) is 1. The third-order valence-electron chi connectivity index (χ3n) is 3.97. The van der Waals surface area contributed by atoms with Crippen LogP contribution in [-0.2, 0) is 0 Å². The van der Waals surface area contributed by atoms with Crippen LogP contribution in [0.1, 0.15) is 43.6 Å².